The molecule has 2 aromatic rings. The van der Waals surface area contributed by atoms with Crippen LogP contribution in [0.25, 0.3) is 11.4 Å². The zero-order valence-corrected chi connectivity index (χ0v) is 13.3. The molecule has 122 valence electrons. The van der Waals surface area contributed by atoms with Gasteiger partial charge in [-0.15, -0.1) is 5.10 Å². The van der Waals surface area contributed by atoms with Crippen molar-refractivity contribution < 1.29 is 4.79 Å². The van der Waals surface area contributed by atoms with Gasteiger partial charge in [0.25, 0.3) is 0 Å². The van der Waals surface area contributed by atoms with Gasteiger partial charge in [0, 0.05) is 17.8 Å². The van der Waals surface area contributed by atoms with E-state index in [1.807, 2.05) is 31.2 Å². The van der Waals surface area contributed by atoms with Crippen molar-refractivity contribution in [3.63, 3.8) is 0 Å². The fraction of sp³-hybridized carbons (Fsp3) is 0.500. The molecule has 1 aliphatic carbocycles. The highest BCUT2D eigenvalue weighted by molar-refractivity contribution is 5.98. The Hall–Kier alpha value is -2.28. The van der Waals surface area contributed by atoms with Gasteiger partial charge in [-0.25, -0.2) is 4.68 Å². The normalized spacial score (nSPS) is 17.0. The van der Waals surface area contributed by atoms with E-state index in [0.717, 1.165) is 37.7 Å². The molecule has 1 fully saturated rings. The minimum absolute atomic E-state index is 0.107. The highest BCUT2D eigenvalue weighted by Crippen LogP contribution is 2.28. The Morgan fingerprint density at radius 2 is 2.13 bits per heavy atom. The molecule has 1 saturated carbocycles. The molecule has 1 aromatic heterocycles. The number of amides is 1. The Morgan fingerprint density at radius 1 is 1.35 bits per heavy atom. The number of nitrogens with two attached hydrogens (primary N) is 1. The van der Waals surface area contributed by atoms with E-state index in [0.29, 0.717) is 18.1 Å². The van der Waals surface area contributed by atoms with Crippen molar-refractivity contribution in [3.05, 3.63) is 24.3 Å². The molecular formula is C16H22N6O. The lowest BCUT2D eigenvalue weighted by atomic mass is 9.82. The Balaban J connectivity index is 1.79. The van der Waals surface area contributed by atoms with Gasteiger partial charge in [-0.05, 0) is 42.3 Å². The average molecular weight is 314 g/mol. The van der Waals surface area contributed by atoms with Crippen molar-refractivity contribution in [3.8, 4) is 11.4 Å². The molecular weight excluding hydrogens is 292 g/mol. The molecule has 0 radical (unpaired) electrons. The lowest BCUT2D eigenvalue weighted by Gasteiger charge is -2.31. The summed E-state index contributed by atoms with van der Waals surface area (Å²) in [5, 5.41) is 14.6. The second-order valence-corrected chi connectivity index (χ2v) is 6.07. The fourth-order valence-corrected chi connectivity index (χ4v) is 3.03. The SMILES string of the molecule is CCn1nnnc1-c1cccc(NC(=O)C2(N)CCCCC2)c1. The first-order valence-electron chi connectivity index (χ1n) is 8.09. The van der Waals surface area contributed by atoms with E-state index in [-0.39, 0.29) is 5.91 Å². The van der Waals surface area contributed by atoms with Crippen molar-refractivity contribution in [1.82, 2.24) is 20.2 Å². The number of hydrogen-bond acceptors (Lipinski definition) is 5. The quantitative estimate of drug-likeness (QED) is 0.899. The van der Waals surface area contributed by atoms with Gasteiger partial charge < -0.3 is 11.1 Å². The standard InChI is InChI=1S/C16H22N6O/c1-2-22-14(19-20-21-22)12-7-6-8-13(11-12)18-15(23)16(17)9-4-3-5-10-16/h6-8,11H,2-5,9-10,17H2,1H3,(H,18,23). The third-order valence-electron chi connectivity index (χ3n) is 4.41. The van der Waals surface area contributed by atoms with Crippen LogP contribution in [0.1, 0.15) is 39.0 Å². The second-order valence-electron chi connectivity index (χ2n) is 6.07. The van der Waals surface area contributed by atoms with Crippen LogP contribution in [0.4, 0.5) is 5.69 Å². The predicted molar refractivity (Wildman–Crippen MR) is 87.6 cm³/mol. The van der Waals surface area contributed by atoms with Crippen LogP contribution < -0.4 is 11.1 Å². The number of rotatable bonds is 4. The Morgan fingerprint density at radius 3 is 2.87 bits per heavy atom. The molecule has 1 aromatic carbocycles. The molecule has 1 amide bonds. The van der Waals surface area contributed by atoms with E-state index >= 15 is 0 Å². The summed E-state index contributed by atoms with van der Waals surface area (Å²) in [5.41, 5.74) is 7.11. The fourth-order valence-electron chi connectivity index (χ4n) is 3.03. The topological polar surface area (TPSA) is 98.7 Å². The van der Waals surface area contributed by atoms with Crippen LogP contribution in [0.3, 0.4) is 0 Å². The minimum atomic E-state index is -0.751. The summed E-state index contributed by atoms with van der Waals surface area (Å²) in [4.78, 5) is 12.5. The number of aryl methyl sites for hydroxylation is 1. The number of benzene rings is 1. The number of aromatic nitrogens is 4. The van der Waals surface area contributed by atoms with Gasteiger partial charge in [0.2, 0.25) is 5.91 Å². The lowest BCUT2D eigenvalue weighted by molar-refractivity contribution is -0.122. The summed E-state index contributed by atoms with van der Waals surface area (Å²) in [7, 11) is 0. The predicted octanol–water partition coefficient (Wildman–Crippen LogP) is 1.96. The number of carbonyl (C=O) groups is 1. The van der Waals surface area contributed by atoms with Gasteiger partial charge in [0.1, 0.15) is 0 Å². The molecule has 0 atom stereocenters. The largest absolute Gasteiger partial charge is 0.324 e. The molecule has 0 unspecified atom stereocenters. The molecule has 0 spiro atoms. The maximum absolute atomic E-state index is 12.5. The molecule has 0 bridgehead atoms. The molecule has 0 saturated heterocycles. The molecule has 1 aliphatic rings. The number of anilines is 1. The highest BCUT2D eigenvalue weighted by Gasteiger charge is 2.35. The monoisotopic (exact) mass is 314 g/mol. The first kappa shape index (κ1) is 15.6. The van der Waals surface area contributed by atoms with Crippen molar-refractivity contribution in [2.75, 3.05) is 5.32 Å². The molecule has 1 heterocycles. The number of nitrogens with one attached hydrogen (secondary N) is 1. The number of tetrazole rings is 1. The summed E-state index contributed by atoms with van der Waals surface area (Å²) in [6, 6.07) is 7.53. The van der Waals surface area contributed by atoms with Crippen LogP contribution in [0.2, 0.25) is 0 Å². The van der Waals surface area contributed by atoms with Crippen molar-refractivity contribution >= 4 is 11.6 Å². The van der Waals surface area contributed by atoms with Gasteiger partial charge in [0.15, 0.2) is 5.82 Å². The Bertz CT molecular complexity index is 689. The van der Waals surface area contributed by atoms with Crippen LogP contribution in [0.5, 0.6) is 0 Å². The first-order chi connectivity index (χ1) is 11.1. The van der Waals surface area contributed by atoms with Crippen LogP contribution in [0, 0.1) is 0 Å². The Kier molecular flexibility index (Phi) is 4.38. The maximum Gasteiger partial charge on any atom is 0.244 e. The van der Waals surface area contributed by atoms with E-state index < -0.39 is 5.54 Å². The first-order valence-corrected chi connectivity index (χ1v) is 8.09. The number of hydrogen-bond donors (Lipinski definition) is 2. The third-order valence-corrected chi connectivity index (χ3v) is 4.41. The summed E-state index contributed by atoms with van der Waals surface area (Å²) < 4.78 is 1.71. The summed E-state index contributed by atoms with van der Waals surface area (Å²) in [6.45, 7) is 2.66. The van der Waals surface area contributed by atoms with Crippen LogP contribution in [0.15, 0.2) is 24.3 Å². The smallest absolute Gasteiger partial charge is 0.244 e. The summed E-state index contributed by atoms with van der Waals surface area (Å²) >= 11 is 0. The molecule has 3 N–H and O–H groups in total. The molecule has 23 heavy (non-hydrogen) atoms. The molecule has 0 aliphatic heterocycles. The Labute approximate surface area is 135 Å². The maximum atomic E-state index is 12.5. The van der Waals surface area contributed by atoms with Crippen molar-refractivity contribution in [2.24, 2.45) is 5.73 Å². The van der Waals surface area contributed by atoms with Gasteiger partial charge >= 0.3 is 0 Å². The zero-order chi connectivity index (χ0) is 16.3. The van der Waals surface area contributed by atoms with Crippen molar-refractivity contribution in [1.29, 1.82) is 0 Å². The van der Waals surface area contributed by atoms with Gasteiger partial charge in [-0.2, -0.15) is 0 Å². The number of carbonyl (C=O) groups excluding carboxylic acids is 1. The molecule has 7 nitrogen and oxygen atoms in total. The van der Waals surface area contributed by atoms with Crippen LogP contribution >= 0.6 is 0 Å². The summed E-state index contributed by atoms with van der Waals surface area (Å²) in [6.07, 6.45) is 4.66. The zero-order valence-electron chi connectivity index (χ0n) is 13.3. The van der Waals surface area contributed by atoms with Crippen molar-refractivity contribution in [2.45, 2.75) is 51.1 Å². The molecule has 3 rings (SSSR count). The second kappa shape index (κ2) is 6.45. The van der Waals surface area contributed by atoms with Gasteiger partial charge in [0.05, 0.1) is 5.54 Å². The van der Waals surface area contributed by atoms with Gasteiger partial charge in [-0.1, -0.05) is 31.4 Å². The van der Waals surface area contributed by atoms with E-state index in [1.54, 1.807) is 4.68 Å². The van der Waals surface area contributed by atoms with E-state index in [1.165, 1.54) is 0 Å². The molecule has 7 heteroatoms. The van der Waals surface area contributed by atoms with E-state index in [4.69, 9.17) is 5.73 Å². The summed E-state index contributed by atoms with van der Waals surface area (Å²) in [5.74, 6) is 0.577. The minimum Gasteiger partial charge on any atom is -0.324 e. The van der Waals surface area contributed by atoms with Crippen LogP contribution in [-0.2, 0) is 11.3 Å². The van der Waals surface area contributed by atoms with E-state index in [2.05, 4.69) is 20.8 Å². The average Bonchev–Trinajstić information content (AvgIpc) is 3.04. The van der Waals surface area contributed by atoms with Gasteiger partial charge in [-0.3, -0.25) is 4.79 Å². The number of nitrogens with zero attached hydrogens (tertiary/aromatic N) is 4. The highest BCUT2D eigenvalue weighted by atomic mass is 16.2. The lowest BCUT2D eigenvalue weighted by Crippen LogP contribution is -2.52. The third kappa shape index (κ3) is 3.24. The van der Waals surface area contributed by atoms with Crippen LogP contribution in [-0.4, -0.2) is 31.7 Å². The van der Waals surface area contributed by atoms with E-state index in [9.17, 15) is 4.79 Å².